The number of carboxylic acid groups (broad SMARTS) is 1. The quantitative estimate of drug-likeness (QED) is 0.467. The van der Waals surface area contributed by atoms with Gasteiger partial charge < -0.3 is 20.5 Å². The van der Waals surface area contributed by atoms with Crippen LogP contribution in [0.2, 0.25) is 0 Å². The first kappa shape index (κ1) is 24.3. The van der Waals surface area contributed by atoms with Crippen molar-refractivity contribution in [2.75, 3.05) is 6.61 Å². The number of aliphatic carboxylic acids is 1. The van der Waals surface area contributed by atoms with Gasteiger partial charge in [-0.05, 0) is 42.0 Å². The van der Waals surface area contributed by atoms with Gasteiger partial charge in [0, 0.05) is 18.4 Å². The number of benzene rings is 2. The van der Waals surface area contributed by atoms with E-state index < -0.39 is 18.1 Å². The van der Waals surface area contributed by atoms with E-state index in [9.17, 15) is 19.5 Å². The molecule has 2 amide bonds. The minimum Gasteiger partial charge on any atom is -0.480 e. The van der Waals surface area contributed by atoms with Crippen molar-refractivity contribution in [1.82, 2.24) is 10.6 Å². The van der Waals surface area contributed by atoms with Crippen molar-refractivity contribution >= 4 is 18.0 Å². The maximum atomic E-state index is 12.4. The molecule has 7 heteroatoms. The zero-order chi connectivity index (χ0) is 23.8. The topological polar surface area (TPSA) is 105 Å². The van der Waals surface area contributed by atoms with Crippen molar-refractivity contribution in [3.63, 3.8) is 0 Å². The van der Waals surface area contributed by atoms with Crippen LogP contribution >= 0.6 is 0 Å². The molecular weight excluding hydrogens is 420 g/mol. The van der Waals surface area contributed by atoms with Gasteiger partial charge in [-0.1, -0.05) is 68.3 Å². The van der Waals surface area contributed by atoms with Crippen LogP contribution in [0, 0.1) is 0 Å². The fourth-order valence-corrected chi connectivity index (χ4v) is 4.19. The van der Waals surface area contributed by atoms with Gasteiger partial charge in [-0.15, -0.1) is 0 Å². The van der Waals surface area contributed by atoms with Crippen LogP contribution in [0.4, 0.5) is 4.79 Å². The van der Waals surface area contributed by atoms with Crippen LogP contribution in [-0.4, -0.2) is 41.8 Å². The second-order valence-corrected chi connectivity index (χ2v) is 8.51. The molecule has 0 fully saturated rings. The van der Waals surface area contributed by atoms with Gasteiger partial charge in [0.25, 0.3) is 0 Å². The lowest BCUT2D eigenvalue weighted by molar-refractivity contribution is -0.142. The van der Waals surface area contributed by atoms with Gasteiger partial charge in [-0.2, -0.15) is 0 Å². The predicted molar refractivity (Wildman–Crippen MR) is 126 cm³/mol. The Balaban J connectivity index is 1.46. The zero-order valence-electron chi connectivity index (χ0n) is 19.2. The number of fused-ring (bicyclic) bond motifs is 3. The second kappa shape index (κ2) is 11.5. The molecule has 0 aliphatic heterocycles. The number of rotatable bonds is 11. The molecule has 176 valence electrons. The first-order valence-corrected chi connectivity index (χ1v) is 11.5. The average molecular weight is 453 g/mol. The molecule has 2 unspecified atom stereocenters. The highest BCUT2D eigenvalue weighted by molar-refractivity contribution is 5.83. The Morgan fingerprint density at radius 3 is 2.15 bits per heavy atom. The summed E-state index contributed by atoms with van der Waals surface area (Å²) in [6, 6.07) is 15.1. The Kier molecular flexibility index (Phi) is 8.46. The molecule has 2 aromatic rings. The van der Waals surface area contributed by atoms with Crippen molar-refractivity contribution in [3.8, 4) is 11.1 Å². The lowest BCUT2D eigenvalue weighted by atomic mass is 9.98. The highest BCUT2D eigenvalue weighted by Gasteiger charge is 2.29. The van der Waals surface area contributed by atoms with Gasteiger partial charge >= 0.3 is 12.1 Å². The third-order valence-corrected chi connectivity index (χ3v) is 5.99. The maximum Gasteiger partial charge on any atom is 0.407 e. The number of carboxylic acids is 1. The number of hydrogen-bond acceptors (Lipinski definition) is 4. The Morgan fingerprint density at radius 1 is 0.970 bits per heavy atom. The molecule has 1 aliphatic rings. The summed E-state index contributed by atoms with van der Waals surface area (Å²) in [5, 5.41) is 14.5. The second-order valence-electron chi connectivity index (χ2n) is 8.51. The van der Waals surface area contributed by atoms with Gasteiger partial charge in [0.2, 0.25) is 5.91 Å². The number of unbranched alkanes of at least 4 members (excludes halogenated alkanes) is 1. The van der Waals surface area contributed by atoms with Crippen LogP contribution in [0.25, 0.3) is 11.1 Å². The minimum atomic E-state index is -1.03. The van der Waals surface area contributed by atoms with Crippen LogP contribution in [0.5, 0.6) is 0 Å². The number of alkyl carbamates (subject to hydrolysis) is 1. The largest absolute Gasteiger partial charge is 0.480 e. The van der Waals surface area contributed by atoms with Crippen molar-refractivity contribution < 1.29 is 24.2 Å². The molecule has 7 nitrogen and oxygen atoms in total. The van der Waals surface area contributed by atoms with E-state index in [1.54, 1.807) is 6.92 Å². The lowest BCUT2D eigenvalue weighted by Gasteiger charge is -2.18. The van der Waals surface area contributed by atoms with E-state index in [1.807, 2.05) is 31.2 Å². The molecule has 0 radical (unpaired) electrons. The number of carbonyl (C=O) groups excluding carboxylic acids is 2. The molecule has 3 N–H and O–H groups in total. The molecule has 0 aromatic heterocycles. The van der Waals surface area contributed by atoms with Crippen LogP contribution in [0.15, 0.2) is 48.5 Å². The van der Waals surface area contributed by atoms with Gasteiger partial charge in [-0.3, -0.25) is 4.79 Å². The minimum absolute atomic E-state index is 0.0136. The van der Waals surface area contributed by atoms with Crippen LogP contribution in [0.3, 0.4) is 0 Å². The molecule has 2 aromatic carbocycles. The molecule has 0 bridgehead atoms. The molecule has 3 rings (SSSR count). The molecule has 2 atom stereocenters. The number of ether oxygens (including phenoxy) is 1. The predicted octanol–water partition coefficient (Wildman–Crippen LogP) is 4.45. The van der Waals surface area contributed by atoms with Crippen molar-refractivity contribution in [2.24, 2.45) is 0 Å². The van der Waals surface area contributed by atoms with E-state index in [4.69, 9.17) is 4.74 Å². The summed E-state index contributed by atoms with van der Waals surface area (Å²) in [5.41, 5.74) is 4.62. The fraction of sp³-hybridized carbons (Fsp3) is 0.423. The van der Waals surface area contributed by atoms with Crippen LogP contribution < -0.4 is 10.6 Å². The van der Waals surface area contributed by atoms with E-state index >= 15 is 0 Å². The van der Waals surface area contributed by atoms with Crippen molar-refractivity contribution in [1.29, 1.82) is 0 Å². The van der Waals surface area contributed by atoms with Crippen molar-refractivity contribution in [2.45, 2.75) is 64.0 Å². The number of hydrogen-bond donors (Lipinski definition) is 3. The first-order valence-electron chi connectivity index (χ1n) is 11.5. The van der Waals surface area contributed by atoms with Gasteiger partial charge in [0.1, 0.15) is 12.6 Å². The highest BCUT2D eigenvalue weighted by Crippen LogP contribution is 2.44. The summed E-state index contributed by atoms with van der Waals surface area (Å²) in [5.74, 6) is -1.37. The zero-order valence-corrected chi connectivity index (χ0v) is 19.2. The monoisotopic (exact) mass is 452 g/mol. The smallest absolute Gasteiger partial charge is 0.407 e. The maximum absolute atomic E-state index is 12.4. The third-order valence-electron chi connectivity index (χ3n) is 5.99. The fourth-order valence-electron chi connectivity index (χ4n) is 4.19. The SMILES string of the molecule is CCCCC(NC(=O)CCC(C)NC(=O)OCC1c2ccccc2-c2ccccc21)C(=O)O. The molecule has 0 saturated heterocycles. The van der Waals surface area contributed by atoms with E-state index in [-0.39, 0.29) is 30.9 Å². The Labute approximate surface area is 194 Å². The molecule has 0 saturated carbocycles. The van der Waals surface area contributed by atoms with E-state index in [1.165, 1.54) is 11.1 Å². The molecule has 1 aliphatic carbocycles. The summed E-state index contributed by atoms with van der Waals surface area (Å²) < 4.78 is 5.53. The Bertz CT molecular complexity index is 945. The van der Waals surface area contributed by atoms with Gasteiger partial charge in [0.15, 0.2) is 0 Å². The van der Waals surface area contributed by atoms with Crippen LogP contribution in [0.1, 0.15) is 63.0 Å². The molecular formula is C26H32N2O5. The third kappa shape index (κ3) is 6.34. The van der Waals surface area contributed by atoms with Crippen molar-refractivity contribution in [3.05, 3.63) is 59.7 Å². The van der Waals surface area contributed by atoms with Gasteiger partial charge in [-0.25, -0.2) is 9.59 Å². The summed E-state index contributed by atoms with van der Waals surface area (Å²) in [6.45, 7) is 3.99. The molecule has 33 heavy (non-hydrogen) atoms. The number of nitrogens with one attached hydrogen (secondary N) is 2. The standard InChI is InChI=1S/C26H32N2O5/c1-3-4-13-23(25(30)31)28-24(29)15-14-17(2)27-26(32)33-16-22-20-11-7-5-9-18(20)19-10-6-8-12-21(19)22/h5-12,17,22-23H,3-4,13-16H2,1-2H3,(H,27,32)(H,28,29)(H,30,31). The number of amides is 2. The lowest BCUT2D eigenvalue weighted by Crippen LogP contribution is -2.41. The summed E-state index contributed by atoms with van der Waals surface area (Å²) in [6.07, 6.45) is 1.98. The van der Waals surface area contributed by atoms with E-state index in [0.29, 0.717) is 12.8 Å². The summed E-state index contributed by atoms with van der Waals surface area (Å²) in [4.78, 5) is 35.7. The number of carbonyl (C=O) groups is 3. The molecule has 0 spiro atoms. The summed E-state index contributed by atoms with van der Waals surface area (Å²) >= 11 is 0. The molecule has 0 heterocycles. The first-order chi connectivity index (χ1) is 15.9. The Morgan fingerprint density at radius 2 is 1.58 bits per heavy atom. The van der Waals surface area contributed by atoms with Crippen LogP contribution in [-0.2, 0) is 14.3 Å². The normalized spacial score (nSPS) is 14.0. The van der Waals surface area contributed by atoms with E-state index in [0.717, 1.165) is 24.0 Å². The van der Waals surface area contributed by atoms with E-state index in [2.05, 4.69) is 34.9 Å². The average Bonchev–Trinajstić information content (AvgIpc) is 3.12. The highest BCUT2D eigenvalue weighted by atomic mass is 16.5. The summed E-state index contributed by atoms with van der Waals surface area (Å²) in [7, 11) is 0. The Hall–Kier alpha value is -3.35. The van der Waals surface area contributed by atoms with Gasteiger partial charge in [0.05, 0.1) is 0 Å².